The van der Waals surface area contributed by atoms with Crippen molar-refractivity contribution in [1.29, 1.82) is 0 Å². The Hall–Kier alpha value is 0.972. The van der Waals surface area contributed by atoms with Crippen LogP contribution in [0.4, 0.5) is 0 Å². The molecule has 0 rings (SSSR count). The van der Waals surface area contributed by atoms with Crippen molar-refractivity contribution in [2.24, 2.45) is 0 Å². The molecule has 0 heterocycles. The molecule has 0 aromatic heterocycles. The largest absolute Gasteiger partial charge is 0.412 e. The summed E-state index contributed by atoms with van der Waals surface area (Å²) in [5.41, 5.74) is 0. The Balaban J connectivity index is 0. The first kappa shape index (κ1) is 83.0. The van der Waals surface area contributed by atoms with Crippen molar-refractivity contribution in [2.75, 3.05) is 0 Å². The zero-order valence-electron chi connectivity index (χ0n) is 2.09. The monoisotopic (exact) mass is 119 g/mol. The first-order chi connectivity index (χ1) is 0. The molecule has 0 saturated heterocycles. The van der Waals surface area contributed by atoms with Crippen molar-refractivity contribution < 1.29 is 28.0 Å². The van der Waals surface area contributed by atoms with Crippen LogP contribution < -0.4 is 0 Å². The third-order valence-electron chi connectivity index (χ3n) is 0. The second-order valence-corrected chi connectivity index (χ2v) is 0. The molecule has 0 atom stereocenters. The summed E-state index contributed by atoms with van der Waals surface area (Å²) in [6.07, 6.45) is 0. The van der Waals surface area contributed by atoms with Crippen LogP contribution in [0.1, 0.15) is 0 Å². The molecule has 0 bridgehead atoms. The summed E-state index contributed by atoms with van der Waals surface area (Å²) in [6, 6.07) is 0. The Kier molecular flexibility index (Phi) is 771. The smallest absolute Gasteiger partial charge is 0.0854 e. The van der Waals surface area contributed by atoms with Crippen LogP contribution in [0.25, 0.3) is 0 Å². The van der Waals surface area contributed by atoms with Gasteiger partial charge in [0.1, 0.15) is 0 Å². The summed E-state index contributed by atoms with van der Waals surface area (Å²) < 4.78 is 0. The first-order valence-electron chi connectivity index (χ1n) is 0. The van der Waals surface area contributed by atoms with Crippen molar-refractivity contribution >= 4 is 17.4 Å². The van der Waals surface area contributed by atoms with E-state index < -0.39 is 0 Å². The molecular formula is H5AlMnO2. The van der Waals surface area contributed by atoms with E-state index in [4.69, 9.17) is 0 Å². The SMILES string of the molecule is O.O.[AlH].[Mn]. The summed E-state index contributed by atoms with van der Waals surface area (Å²) in [6.45, 7) is 0. The number of rotatable bonds is 0. The number of hydrogen-bond donors (Lipinski definition) is 0. The van der Waals surface area contributed by atoms with Crippen LogP contribution in [0.2, 0.25) is 0 Å². The molecule has 0 aliphatic carbocycles. The summed E-state index contributed by atoms with van der Waals surface area (Å²) in [4.78, 5) is 0. The van der Waals surface area contributed by atoms with E-state index in [0.29, 0.717) is 0 Å². The van der Waals surface area contributed by atoms with E-state index in [1.165, 1.54) is 0 Å². The molecule has 2 nitrogen and oxygen atoms in total. The molecule has 4 heavy (non-hydrogen) atoms. The molecule has 0 amide bonds. The van der Waals surface area contributed by atoms with Crippen molar-refractivity contribution in [1.82, 2.24) is 0 Å². The molecular weight excluding hydrogens is 114 g/mol. The molecule has 0 aromatic rings. The van der Waals surface area contributed by atoms with Crippen LogP contribution in [0, 0.1) is 0 Å². The van der Waals surface area contributed by atoms with Crippen molar-refractivity contribution in [3.05, 3.63) is 0 Å². The van der Waals surface area contributed by atoms with E-state index in [9.17, 15) is 0 Å². The fourth-order valence-electron chi connectivity index (χ4n) is 0. The maximum Gasteiger partial charge on any atom is 0.0854 e. The molecule has 0 aliphatic rings. The minimum absolute atomic E-state index is 0. The van der Waals surface area contributed by atoms with Gasteiger partial charge >= 0.3 is 0 Å². The van der Waals surface area contributed by atoms with Gasteiger partial charge in [0.25, 0.3) is 0 Å². The molecule has 0 saturated carbocycles. The predicted molar refractivity (Wildman–Crippen MR) is 14.4 cm³/mol. The van der Waals surface area contributed by atoms with Gasteiger partial charge in [-0.3, -0.25) is 0 Å². The van der Waals surface area contributed by atoms with Gasteiger partial charge in [-0.2, -0.15) is 0 Å². The maximum absolute atomic E-state index is 0. The van der Waals surface area contributed by atoms with Gasteiger partial charge in [0.15, 0.2) is 0 Å². The fraction of sp³-hybridized carbons (Fsp3) is 0. The van der Waals surface area contributed by atoms with Crippen molar-refractivity contribution in [3.63, 3.8) is 0 Å². The Morgan fingerprint density at radius 2 is 0.750 bits per heavy atom. The van der Waals surface area contributed by atoms with Crippen molar-refractivity contribution in [3.8, 4) is 0 Å². The summed E-state index contributed by atoms with van der Waals surface area (Å²) in [5, 5.41) is 0. The average molecular weight is 119 g/mol. The molecule has 0 aliphatic heterocycles. The zero-order valence-corrected chi connectivity index (χ0v) is 4.68. The Morgan fingerprint density at radius 1 is 0.750 bits per heavy atom. The second-order valence-electron chi connectivity index (χ2n) is 0. The van der Waals surface area contributed by atoms with E-state index >= 15 is 0 Å². The molecule has 3 radical (unpaired) electrons. The van der Waals surface area contributed by atoms with Gasteiger partial charge in [-0.15, -0.1) is 0 Å². The van der Waals surface area contributed by atoms with Gasteiger partial charge in [0, 0.05) is 17.1 Å². The van der Waals surface area contributed by atoms with E-state index in [1.807, 2.05) is 0 Å². The van der Waals surface area contributed by atoms with Gasteiger partial charge < -0.3 is 11.0 Å². The Morgan fingerprint density at radius 3 is 0.750 bits per heavy atom. The molecule has 0 fully saturated rings. The number of hydrogen-bond acceptors (Lipinski definition) is 0. The normalized spacial score (nSPS) is 0. The molecule has 0 spiro atoms. The quantitative estimate of drug-likeness (QED) is 0.322. The molecule has 0 aromatic carbocycles. The predicted octanol–water partition coefficient (Wildman–Crippen LogP) is -2.30. The van der Waals surface area contributed by atoms with Gasteiger partial charge in [0.05, 0.1) is 17.4 Å². The van der Waals surface area contributed by atoms with Gasteiger partial charge in [-0.05, 0) is 0 Å². The maximum atomic E-state index is 0. The van der Waals surface area contributed by atoms with Crippen LogP contribution in [-0.4, -0.2) is 28.3 Å². The minimum atomic E-state index is 0. The molecule has 4 N–H and O–H groups in total. The first-order valence-corrected chi connectivity index (χ1v) is 0. The fourth-order valence-corrected chi connectivity index (χ4v) is 0. The standard InChI is InChI=1S/Al.Mn.2H2O.H/h;;2*1H2;. The molecule has 0 unspecified atom stereocenters. The van der Waals surface area contributed by atoms with Crippen LogP contribution in [0.3, 0.4) is 0 Å². The van der Waals surface area contributed by atoms with E-state index in [-0.39, 0.29) is 45.4 Å². The van der Waals surface area contributed by atoms with Crippen LogP contribution in [-0.2, 0) is 17.1 Å². The van der Waals surface area contributed by atoms with E-state index in [2.05, 4.69) is 0 Å². The average Bonchev–Trinajstić information content (AvgIpc) is 0. The van der Waals surface area contributed by atoms with Gasteiger partial charge in [0.2, 0.25) is 0 Å². The third-order valence-corrected chi connectivity index (χ3v) is 0. The Bertz CT molecular complexity index is 6.00. The minimum Gasteiger partial charge on any atom is -0.412 e. The Labute approximate surface area is 45.8 Å². The summed E-state index contributed by atoms with van der Waals surface area (Å²) in [5.74, 6) is 0. The topological polar surface area (TPSA) is 63.0 Å². The van der Waals surface area contributed by atoms with Crippen LogP contribution in [0.5, 0.6) is 0 Å². The van der Waals surface area contributed by atoms with Crippen molar-refractivity contribution in [2.45, 2.75) is 0 Å². The molecule has 27 valence electrons. The summed E-state index contributed by atoms with van der Waals surface area (Å²) >= 11 is 0. The summed E-state index contributed by atoms with van der Waals surface area (Å²) in [7, 11) is 0. The van der Waals surface area contributed by atoms with Gasteiger partial charge in [-0.1, -0.05) is 0 Å². The van der Waals surface area contributed by atoms with Crippen LogP contribution in [0.15, 0.2) is 0 Å². The van der Waals surface area contributed by atoms with E-state index in [0.717, 1.165) is 0 Å². The zero-order chi connectivity index (χ0) is 0. The third kappa shape index (κ3) is 12.2. The van der Waals surface area contributed by atoms with Crippen LogP contribution >= 0.6 is 0 Å². The van der Waals surface area contributed by atoms with Gasteiger partial charge in [-0.25, -0.2) is 0 Å². The second kappa shape index (κ2) is 37.1. The molecule has 4 heteroatoms. The van der Waals surface area contributed by atoms with E-state index in [1.54, 1.807) is 0 Å².